The van der Waals surface area contributed by atoms with E-state index in [0.717, 1.165) is 0 Å². The summed E-state index contributed by atoms with van der Waals surface area (Å²) in [7, 11) is -3.13. The van der Waals surface area contributed by atoms with Gasteiger partial charge in [-0.25, -0.2) is 0 Å². The van der Waals surface area contributed by atoms with Gasteiger partial charge in [0, 0.05) is 0 Å². The second-order valence-corrected chi connectivity index (χ2v) is 2.96. The average Bonchev–Trinajstić information content (AvgIpc) is 1.84. The van der Waals surface area contributed by atoms with E-state index in [0.29, 0.717) is 0 Å². The molecule has 0 aliphatic carbocycles. The zero-order valence-corrected chi connectivity index (χ0v) is 7.89. The average molecular weight is 199 g/mol. The Kier molecular flexibility index (Phi) is 8.52. The summed E-state index contributed by atoms with van der Waals surface area (Å²) in [6, 6.07) is -0.713. The Hall–Kier alpha value is -0.420. The topological polar surface area (TPSA) is 121 Å². The molecule has 0 fully saturated rings. The summed E-state index contributed by atoms with van der Waals surface area (Å²) in [5.41, 5.74) is 5.16. The molecule has 0 radical (unpaired) electrons. The number of rotatable bonds is 2. The highest BCUT2D eigenvalue weighted by Crippen LogP contribution is 1.98. The summed E-state index contributed by atoms with van der Waals surface area (Å²) in [5, 5.41) is 8.23. The van der Waals surface area contributed by atoms with Crippen molar-refractivity contribution in [3.8, 4) is 0 Å². The van der Waals surface area contributed by atoms with Crippen LogP contribution in [0.25, 0.3) is 0 Å². The number of carboxylic acid groups (broad SMARTS) is 1. The maximum atomic E-state index is 10.0. The lowest BCUT2D eigenvalue weighted by atomic mass is 10.1. The van der Waals surface area contributed by atoms with Gasteiger partial charge in [0.25, 0.3) is 0 Å². The normalized spacial score (nSPS) is 12.2. The predicted octanol–water partition coefficient (Wildman–Crippen LogP) is -0.585. The number of aliphatic carboxylic acids is 1. The molecule has 0 saturated carbocycles. The van der Waals surface area contributed by atoms with Crippen molar-refractivity contribution < 1.29 is 24.3 Å². The first-order chi connectivity index (χ1) is 5.29. The van der Waals surface area contributed by atoms with Gasteiger partial charge in [-0.2, -0.15) is 0 Å². The number of carbonyl (C=O) groups is 1. The van der Waals surface area contributed by atoms with E-state index in [1.54, 1.807) is 13.8 Å². The second kappa shape index (κ2) is 7.24. The molecule has 0 aliphatic heterocycles. The minimum atomic E-state index is -3.13. The zero-order valence-electron chi connectivity index (χ0n) is 6.89. The highest BCUT2D eigenvalue weighted by molar-refractivity contribution is 7.30. The Morgan fingerprint density at radius 1 is 1.42 bits per heavy atom. The summed E-state index contributed by atoms with van der Waals surface area (Å²) in [5.74, 6) is -0.910. The number of nitrogens with two attached hydrogens (primary N) is 1. The molecule has 12 heavy (non-hydrogen) atoms. The third-order valence-corrected chi connectivity index (χ3v) is 1.00. The Labute approximate surface area is 71.0 Å². The standard InChI is InChI=1S/C5H11NO2.H3O3P/c1-3(2)4(6)5(7)8;1-4(2)3/h3-4H,6H2,1-2H3,(H,7,8);4H,(H2,1,2,3)/t4-;/m0./s1. The summed E-state index contributed by atoms with van der Waals surface area (Å²) in [4.78, 5) is 24.3. The predicted molar refractivity (Wildman–Crippen MR) is 43.9 cm³/mol. The van der Waals surface area contributed by atoms with E-state index < -0.39 is 20.3 Å². The minimum Gasteiger partial charge on any atom is -0.480 e. The van der Waals surface area contributed by atoms with Crippen LogP contribution in [0.5, 0.6) is 0 Å². The lowest BCUT2D eigenvalue weighted by Gasteiger charge is -2.07. The molecule has 0 amide bonds. The SMILES string of the molecule is CC(C)[C@H](N)C(=O)O.O=[PH](O)O. The maximum Gasteiger partial charge on any atom is 0.320 e. The van der Waals surface area contributed by atoms with Gasteiger partial charge < -0.3 is 20.6 Å². The van der Waals surface area contributed by atoms with Gasteiger partial charge in [-0.3, -0.25) is 9.36 Å². The third-order valence-electron chi connectivity index (χ3n) is 1.00. The highest BCUT2D eigenvalue weighted by Gasteiger charge is 2.14. The van der Waals surface area contributed by atoms with Crippen molar-refractivity contribution >= 4 is 14.2 Å². The molecule has 6 nitrogen and oxygen atoms in total. The summed E-state index contributed by atoms with van der Waals surface area (Å²) < 4.78 is 8.74. The van der Waals surface area contributed by atoms with Crippen molar-refractivity contribution in [3.63, 3.8) is 0 Å². The Morgan fingerprint density at radius 2 is 1.67 bits per heavy atom. The third kappa shape index (κ3) is 12.3. The van der Waals surface area contributed by atoms with Gasteiger partial charge >= 0.3 is 14.2 Å². The summed E-state index contributed by atoms with van der Waals surface area (Å²) in [6.45, 7) is 3.55. The van der Waals surface area contributed by atoms with E-state index in [9.17, 15) is 4.79 Å². The summed E-state index contributed by atoms with van der Waals surface area (Å²) in [6.07, 6.45) is 0. The lowest BCUT2D eigenvalue weighted by molar-refractivity contribution is -0.139. The zero-order chi connectivity index (χ0) is 10.3. The van der Waals surface area contributed by atoms with Crippen LogP contribution >= 0.6 is 8.25 Å². The molecule has 7 heteroatoms. The van der Waals surface area contributed by atoms with E-state index in [4.69, 9.17) is 25.2 Å². The van der Waals surface area contributed by atoms with Gasteiger partial charge in [0.1, 0.15) is 6.04 Å². The minimum absolute atomic E-state index is 0.0208. The largest absolute Gasteiger partial charge is 0.480 e. The van der Waals surface area contributed by atoms with Crippen LogP contribution in [-0.4, -0.2) is 26.9 Å². The first kappa shape index (κ1) is 14.1. The van der Waals surface area contributed by atoms with Crippen molar-refractivity contribution in [1.29, 1.82) is 0 Å². The van der Waals surface area contributed by atoms with Gasteiger partial charge in [0.15, 0.2) is 0 Å². The highest BCUT2D eigenvalue weighted by atomic mass is 31.1. The molecule has 0 heterocycles. The van der Waals surface area contributed by atoms with E-state index >= 15 is 0 Å². The molecule has 0 bridgehead atoms. The molecule has 0 aromatic carbocycles. The molecule has 0 spiro atoms. The molecule has 0 aliphatic rings. The lowest BCUT2D eigenvalue weighted by Crippen LogP contribution is -2.34. The van der Waals surface area contributed by atoms with E-state index in [1.807, 2.05) is 0 Å². The van der Waals surface area contributed by atoms with Gasteiger partial charge in [0.2, 0.25) is 0 Å². The fourth-order valence-electron chi connectivity index (χ4n) is 0.285. The van der Waals surface area contributed by atoms with Crippen LogP contribution in [0, 0.1) is 5.92 Å². The molecule has 0 aromatic heterocycles. The van der Waals surface area contributed by atoms with Crippen molar-refractivity contribution in [1.82, 2.24) is 0 Å². The first-order valence-electron chi connectivity index (χ1n) is 3.19. The molecule has 74 valence electrons. The van der Waals surface area contributed by atoms with Crippen molar-refractivity contribution in [2.24, 2.45) is 11.7 Å². The Bertz CT molecular complexity index is 156. The maximum absolute atomic E-state index is 10.0. The van der Waals surface area contributed by atoms with Crippen LogP contribution in [0.1, 0.15) is 13.8 Å². The van der Waals surface area contributed by atoms with E-state index in [2.05, 4.69) is 0 Å². The van der Waals surface area contributed by atoms with Crippen LogP contribution in [-0.2, 0) is 9.36 Å². The fraction of sp³-hybridized carbons (Fsp3) is 0.800. The molecule has 0 rings (SSSR count). The van der Waals surface area contributed by atoms with E-state index in [-0.39, 0.29) is 5.92 Å². The fourth-order valence-corrected chi connectivity index (χ4v) is 0.285. The van der Waals surface area contributed by atoms with Crippen molar-refractivity contribution in [2.45, 2.75) is 19.9 Å². The van der Waals surface area contributed by atoms with Gasteiger partial charge in [0.05, 0.1) is 0 Å². The van der Waals surface area contributed by atoms with Crippen molar-refractivity contribution in [3.05, 3.63) is 0 Å². The monoisotopic (exact) mass is 199 g/mol. The summed E-state index contributed by atoms with van der Waals surface area (Å²) >= 11 is 0. The molecular weight excluding hydrogens is 185 g/mol. The quantitative estimate of drug-likeness (QED) is 0.441. The van der Waals surface area contributed by atoms with Gasteiger partial charge in [-0.15, -0.1) is 0 Å². The van der Waals surface area contributed by atoms with Crippen LogP contribution in [0.4, 0.5) is 0 Å². The smallest absolute Gasteiger partial charge is 0.320 e. The molecule has 0 saturated heterocycles. The molecule has 5 N–H and O–H groups in total. The van der Waals surface area contributed by atoms with Crippen LogP contribution < -0.4 is 5.73 Å². The number of hydrogen-bond donors (Lipinski definition) is 4. The first-order valence-corrected chi connectivity index (χ1v) is 4.49. The number of carboxylic acids is 1. The van der Waals surface area contributed by atoms with Crippen molar-refractivity contribution in [2.75, 3.05) is 0 Å². The van der Waals surface area contributed by atoms with Crippen LogP contribution in [0.3, 0.4) is 0 Å². The van der Waals surface area contributed by atoms with Gasteiger partial charge in [-0.1, -0.05) is 13.8 Å². The molecule has 1 atom stereocenters. The number of hydrogen-bond acceptors (Lipinski definition) is 3. The Morgan fingerprint density at radius 3 is 1.67 bits per heavy atom. The Balaban J connectivity index is 0. The molecular formula is C5H14NO5P. The van der Waals surface area contributed by atoms with Gasteiger partial charge in [-0.05, 0) is 5.92 Å². The second-order valence-electron chi connectivity index (χ2n) is 2.39. The van der Waals surface area contributed by atoms with Crippen LogP contribution in [0.2, 0.25) is 0 Å². The van der Waals surface area contributed by atoms with E-state index in [1.165, 1.54) is 0 Å². The van der Waals surface area contributed by atoms with Crippen LogP contribution in [0.15, 0.2) is 0 Å². The molecule has 0 unspecified atom stereocenters. The molecule has 0 aromatic rings.